The van der Waals surface area contributed by atoms with Gasteiger partial charge in [-0.2, -0.15) is 0 Å². The summed E-state index contributed by atoms with van der Waals surface area (Å²) in [6.07, 6.45) is 2.32. The molecule has 1 unspecified atom stereocenters. The van der Waals surface area contributed by atoms with Crippen LogP contribution in [0.2, 0.25) is 0 Å². The number of anilines is 1. The van der Waals surface area contributed by atoms with E-state index in [0.717, 1.165) is 18.3 Å². The van der Waals surface area contributed by atoms with Crippen LogP contribution < -0.4 is 26.4 Å². The highest BCUT2D eigenvalue weighted by Gasteiger charge is 2.30. The number of ether oxygens (including phenoxy) is 1. The van der Waals surface area contributed by atoms with Crippen molar-refractivity contribution >= 4 is 23.8 Å². The molecule has 194 valence electrons. The van der Waals surface area contributed by atoms with Gasteiger partial charge in [-0.25, -0.2) is 18.6 Å². The fourth-order valence-electron chi connectivity index (χ4n) is 3.33. The van der Waals surface area contributed by atoms with Crippen LogP contribution in [0, 0.1) is 28.9 Å². The molecular formula is C27H29F2N5O3. The highest BCUT2D eigenvalue weighted by molar-refractivity contribution is 6.01. The minimum atomic E-state index is -1.01. The molecule has 5 N–H and O–H groups in total. The smallest absolute Gasteiger partial charge is 0.341 e. The number of benzene rings is 2. The van der Waals surface area contributed by atoms with E-state index < -0.39 is 29.6 Å². The first-order valence-electron chi connectivity index (χ1n) is 11.5. The third-order valence-corrected chi connectivity index (χ3v) is 5.68. The largest absolute Gasteiger partial charge is 0.489 e. The molecule has 0 fully saturated rings. The number of nitrogens with zero attached hydrogens (tertiary/aromatic N) is 2. The van der Waals surface area contributed by atoms with Crippen molar-refractivity contribution < 1.29 is 23.1 Å². The third kappa shape index (κ3) is 7.15. The molecule has 0 saturated heterocycles. The van der Waals surface area contributed by atoms with Gasteiger partial charge in [-0.3, -0.25) is 4.79 Å². The maximum atomic E-state index is 13.9. The summed E-state index contributed by atoms with van der Waals surface area (Å²) in [4.78, 5) is 30.6. The summed E-state index contributed by atoms with van der Waals surface area (Å²) in [5.41, 5.74) is 12.7. The number of rotatable bonds is 5. The van der Waals surface area contributed by atoms with Crippen LogP contribution >= 0.6 is 0 Å². The summed E-state index contributed by atoms with van der Waals surface area (Å²) in [6, 6.07) is 6.59. The van der Waals surface area contributed by atoms with Crippen molar-refractivity contribution in [3.63, 3.8) is 0 Å². The Kier molecular flexibility index (Phi) is 8.63. The molecule has 0 radical (unpaired) electrons. The molecule has 2 aromatic rings. The molecule has 1 aliphatic heterocycles. The zero-order chi connectivity index (χ0) is 27.2. The number of fused-ring (bicyclic) bond motifs is 1. The number of nitrogens with one attached hydrogen (secondary N) is 1. The zero-order valence-electron chi connectivity index (χ0n) is 20.8. The summed E-state index contributed by atoms with van der Waals surface area (Å²) >= 11 is 0. The van der Waals surface area contributed by atoms with Gasteiger partial charge in [-0.15, -0.1) is 0 Å². The summed E-state index contributed by atoms with van der Waals surface area (Å²) in [6.45, 7) is 4.17. The Labute approximate surface area is 214 Å². The van der Waals surface area contributed by atoms with Crippen LogP contribution in [0.15, 0.2) is 53.2 Å². The van der Waals surface area contributed by atoms with Crippen LogP contribution in [0.4, 0.5) is 19.3 Å². The maximum Gasteiger partial charge on any atom is 0.341 e. The van der Waals surface area contributed by atoms with E-state index in [1.807, 2.05) is 13.8 Å². The maximum absolute atomic E-state index is 13.9. The van der Waals surface area contributed by atoms with Gasteiger partial charge in [0.2, 0.25) is 0 Å². The Bertz CT molecular complexity index is 1310. The minimum absolute atomic E-state index is 0.00337. The Morgan fingerprint density at radius 3 is 2.73 bits per heavy atom. The van der Waals surface area contributed by atoms with E-state index >= 15 is 0 Å². The van der Waals surface area contributed by atoms with Crippen molar-refractivity contribution in [1.82, 2.24) is 5.32 Å². The number of hydrogen-bond donors (Lipinski definition) is 3. The fraction of sp³-hybridized carbons (Fsp3) is 0.296. The number of aliphatic imine (C=N–C) groups is 1. The van der Waals surface area contributed by atoms with Crippen LogP contribution in [0.25, 0.3) is 0 Å². The standard InChI is InChI=1S/C27H29F2N5O3/c1-27(2,16-31)9-8-17-4-7-24-23(11-17)34(3)25(35)22(15-37-24)33-26(36)32-14-18(13-30)10-19-5-6-20(28)12-21(19)29/h4-7,11-14,22H,10,15-16,30-31H2,1-3H3,(H,33,36)/b18-13-,32-14+. The van der Waals surface area contributed by atoms with Crippen molar-refractivity contribution in [3.05, 3.63) is 70.9 Å². The molecule has 0 aliphatic carbocycles. The second-order valence-electron chi connectivity index (χ2n) is 9.14. The molecule has 8 nitrogen and oxygen atoms in total. The lowest BCUT2D eigenvalue weighted by Crippen LogP contribution is -2.48. The average molecular weight is 510 g/mol. The predicted molar refractivity (Wildman–Crippen MR) is 138 cm³/mol. The lowest BCUT2D eigenvalue weighted by Gasteiger charge is -2.20. The van der Waals surface area contributed by atoms with E-state index in [2.05, 4.69) is 22.2 Å². The topological polar surface area (TPSA) is 123 Å². The molecule has 1 heterocycles. The van der Waals surface area contributed by atoms with Crippen molar-refractivity contribution in [2.75, 3.05) is 25.1 Å². The van der Waals surface area contributed by atoms with Gasteiger partial charge in [0.15, 0.2) is 0 Å². The van der Waals surface area contributed by atoms with Crippen LogP contribution in [0.3, 0.4) is 0 Å². The molecule has 0 bridgehead atoms. The Morgan fingerprint density at radius 1 is 1.30 bits per heavy atom. The molecule has 0 saturated carbocycles. The second-order valence-corrected chi connectivity index (χ2v) is 9.14. The number of urea groups is 1. The molecule has 2 aromatic carbocycles. The number of carbonyl (C=O) groups is 2. The van der Waals surface area contributed by atoms with Crippen molar-refractivity contribution in [3.8, 4) is 17.6 Å². The van der Waals surface area contributed by atoms with Gasteiger partial charge in [-0.1, -0.05) is 17.9 Å². The number of halogens is 2. The van der Waals surface area contributed by atoms with E-state index in [1.165, 1.54) is 17.2 Å². The molecule has 1 atom stereocenters. The first-order chi connectivity index (χ1) is 17.5. The van der Waals surface area contributed by atoms with Gasteiger partial charge in [0.1, 0.15) is 30.0 Å². The van der Waals surface area contributed by atoms with Gasteiger partial charge in [0.25, 0.3) is 5.91 Å². The Morgan fingerprint density at radius 2 is 2.05 bits per heavy atom. The van der Waals surface area contributed by atoms with E-state index in [0.29, 0.717) is 29.1 Å². The van der Waals surface area contributed by atoms with Gasteiger partial charge < -0.3 is 26.4 Å². The summed E-state index contributed by atoms with van der Waals surface area (Å²) in [5, 5.41) is 2.52. The Balaban J connectivity index is 1.68. The molecule has 1 aliphatic rings. The van der Waals surface area contributed by atoms with Crippen LogP contribution in [0.1, 0.15) is 25.0 Å². The number of hydrogen-bond acceptors (Lipinski definition) is 5. The molecule has 3 amide bonds. The van der Waals surface area contributed by atoms with Gasteiger partial charge in [-0.05, 0) is 55.4 Å². The highest BCUT2D eigenvalue weighted by Crippen LogP contribution is 2.31. The van der Waals surface area contributed by atoms with Crippen LogP contribution in [0.5, 0.6) is 5.75 Å². The number of carbonyl (C=O) groups excluding carboxylic acids is 2. The molecule has 37 heavy (non-hydrogen) atoms. The second kappa shape index (κ2) is 11.7. The summed E-state index contributed by atoms with van der Waals surface area (Å²) in [7, 11) is 1.58. The van der Waals surface area contributed by atoms with E-state index in [4.69, 9.17) is 16.2 Å². The number of amides is 3. The SMILES string of the molecule is CN1C(=O)C(NC(=O)/N=C/C(=C\N)Cc2ccc(F)cc2F)COc2ccc(C#CC(C)(C)CN)cc21. The molecule has 0 spiro atoms. The summed E-state index contributed by atoms with van der Waals surface area (Å²) < 4.78 is 32.8. The first kappa shape index (κ1) is 27.4. The minimum Gasteiger partial charge on any atom is -0.489 e. The number of nitrogens with two attached hydrogens (primary N) is 2. The number of allylic oxidation sites excluding steroid dienone is 1. The monoisotopic (exact) mass is 509 g/mol. The van der Waals surface area contributed by atoms with E-state index in [9.17, 15) is 18.4 Å². The average Bonchev–Trinajstić information content (AvgIpc) is 2.98. The quantitative estimate of drug-likeness (QED) is 0.423. The van der Waals surface area contributed by atoms with Crippen molar-refractivity contribution in [2.45, 2.75) is 26.3 Å². The Hall–Kier alpha value is -4.23. The van der Waals surface area contributed by atoms with Gasteiger partial charge >= 0.3 is 6.03 Å². The lowest BCUT2D eigenvalue weighted by molar-refractivity contribution is -0.120. The van der Waals surface area contributed by atoms with Gasteiger partial charge in [0.05, 0.1) is 5.69 Å². The molecule has 10 heteroatoms. The van der Waals surface area contributed by atoms with E-state index in [-0.39, 0.29) is 24.0 Å². The normalized spacial score (nSPS) is 15.9. The fourth-order valence-corrected chi connectivity index (χ4v) is 3.33. The van der Waals surface area contributed by atoms with E-state index in [1.54, 1.807) is 25.2 Å². The van der Waals surface area contributed by atoms with Crippen LogP contribution in [-0.2, 0) is 11.2 Å². The van der Waals surface area contributed by atoms with Gasteiger partial charge in [0, 0.05) is 43.3 Å². The molecule has 0 aromatic heterocycles. The first-order valence-corrected chi connectivity index (χ1v) is 11.5. The zero-order valence-corrected chi connectivity index (χ0v) is 20.8. The molecule has 3 rings (SSSR count). The predicted octanol–water partition coefficient (Wildman–Crippen LogP) is 2.89. The highest BCUT2D eigenvalue weighted by atomic mass is 19.1. The summed E-state index contributed by atoms with van der Waals surface area (Å²) in [5.74, 6) is 4.81. The lowest BCUT2D eigenvalue weighted by atomic mass is 9.94. The number of likely N-dealkylation sites (N-methyl/N-ethyl adjacent to an activating group) is 1. The van der Waals surface area contributed by atoms with Crippen molar-refractivity contribution in [1.29, 1.82) is 0 Å². The third-order valence-electron chi connectivity index (χ3n) is 5.68. The molecular weight excluding hydrogens is 480 g/mol. The van der Waals surface area contributed by atoms with Crippen LogP contribution in [-0.4, -0.2) is 44.4 Å². The van der Waals surface area contributed by atoms with Crippen molar-refractivity contribution in [2.24, 2.45) is 21.9 Å².